The minimum Gasteiger partial charge on any atom is -0.368 e. The van der Waals surface area contributed by atoms with Crippen molar-refractivity contribution in [1.82, 2.24) is 20.4 Å². The maximum absolute atomic E-state index is 13.0. The summed E-state index contributed by atoms with van der Waals surface area (Å²) in [5.41, 5.74) is 1.69. The Morgan fingerprint density at radius 1 is 1.30 bits per heavy atom. The number of piperazine rings is 1. The van der Waals surface area contributed by atoms with Crippen LogP contribution >= 0.6 is 0 Å². The fourth-order valence-electron chi connectivity index (χ4n) is 4.31. The number of benzene rings is 1. The Labute approximate surface area is 193 Å². The zero-order chi connectivity index (χ0) is 23.5. The van der Waals surface area contributed by atoms with E-state index in [4.69, 9.17) is 0 Å². The highest BCUT2D eigenvalue weighted by molar-refractivity contribution is 5.98. The maximum atomic E-state index is 13.0. The Kier molecular flexibility index (Phi) is 6.31. The number of amides is 3. The van der Waals surface area contributed by atoms with E-state index in [-0.39, 0.29) is 36.1 Å². The molecule has 0 aliphatic carbocycles. The lowest BCUT2D eigenvalue weighted by atomic mass is 9.96. The Balaban J connectivity index is 1.40. The van der Waals surface area contributed by atoms with Crippen LogP contribution in [0.5, 0.6) is 0 Å². The third-order valence-corrected chi connectivity index (χ3v) is 5.89. The van der Waals surface area contributed by atoms with E-state index < -0.39 is 0 Å². The van der Waals surface area contributed by atoms with E-state index in [1.54, 1.807) is 35.4 Å². The van der Waals surface area contributed by atoms with Gasteiger partial charge in [-0.2, -0.15) is 5.26 Å². The molecule has 3 aliphatic heterocycles. The molecule has 2 unspecified atom stereocenters. The van der Waals surface area contributed by atoms with Crippen molar-refractivity contribution >= 4 is 29.8 Å². The maximum Gasteiger partial charge on any atom is 0.322 e. The van der Waals surface area contributed by atoms with Crippen LogP contribution in [0.1, 0.15) is 31.1 Å². The molecule has 10 nitrogen and oxygen atoms in total. The molecule has 172 valence electrons. The fraction of sp³-hybridized carbons (Fsp3) is 0.435. The number of nitriles is 1. The second-order valence-corrected chi connectivity index (χ2v) is 8.68. The van der Waals surface area contributed by atoms with E-state index in [1.807, 2.05) is 20.8 Å². The molecule has 3 atom stereocenters. The van der Waals surface area contributed by atoms with E-state index in [0.29, 0.717) is 36.5 Å². The second kappa shape index (κ2) is 9.32. The smallest absolute Gasteiger partial charge is 0.322 e. The first kappa shape index (κ1) is 22.3. The van der Waals surface area contributed by atoms with Gasteiger partial charge in [-0.1, -0.05) is 6.07 Å². The molecule has 4 rings (SSSR count). The predicted molar refractivity (Wildman–Crippen MR) is 126 cm³/mol. The number of hydrogen-bond acceptors (Lipinski definition) is 7. The van der Waals surface area contributed by atoms with Crippen molar-refractivity contribution in [3.05, 3.63) is 41.6 Å². The normalized spacial score (nSPS) is 23.8. The van der Waals surface area contributed by atoms with Gasteiger partial charge >= 0.3 is 6.03 Å². The lowest BCUT2D eigenvalue weighted by Gasteiger charge is -2.42. The summed E-state index contributed by atoms with van der Waals surface area (Å²) in [7, 11) is 0. The molecule has 10 heteroatoms. The van der Waals surface area contributed by atoms with Gasteiger partial charge in [-0.15, -0.1) is 0 Å². The average Bonchev–Trinajstić information content (AvgIpc) is 3.22. The topological polar surface area (TPSA) is 125 Å². The van der Waals surface area contributed by atoms with Gasteiger partial charge in [0.2, 0.25) is 0 Å². The summed E-state index contributed by atoms with van der Waals surface area (Å²) in [6.07, 6.45) is 3.03. The third-order valence-electron chi connectivity index (χ3n) is 5.89. The number of aliphatic imine (C=N–C) groups is 2. The summed E-state index contributed by atoms with van der Waals surface area (Å²) in [5.74, 6) is 0.432. The molecule has 0 spiro atoms. The summed E-state index contributed by atoms with van der Waals surface area (Å²) in [6, 6.07) is 8.89. The van der Waals surface area contributed by atoms with Gasteiger partial charge in [0.1, 0.15) is 18.3 Å². The lowest BCUT2D eigenvalue weighted by molar-refractivity contribution is 0.0943. The summed E-state index contributed by atoms with van der Waals surface area (Å²) < 4.78 is 0. The van der Waals surface area contributed by atoms with Gasteiger partial charge in [0.15, 0.2) is 0 Å². The van der Waals surface area contributed by atoms with Crippen molar-refractivity contribution < 1.29 is 9.59 Å². The van der Waals surface area contributed by atoms with Crippen LogP contribution < -0.4 is 16.0 Å². The number of urea groups is 1. The zero-order valence-electron chi connectivity index (χ0n) is 18.9. The number of nitrogens with one attached hydrogen (secondary N) is 3. The predicted octanol–water partition coefficient (Wildman–Crippen LogP) is 1.76. The van der Waals surface area contributed by atoms with Gasteiger partial charge < -0.3 is 25.8 Å². The number of fused-ring (bicyclic) bond motifs is 1. The monoisotopic (exact) mass is 448 g/mol. The minimum absolute atomic E-state index is 0.0305. The summed E-state index contributed by atoms with van der Waals surface area (Å²) >= 11 is 0. The van der Waals surface area contributed by atoms with Crippen molar-refractivity contribution in [3.63, 3.8) is 0 Å². The number of carbonyl (C=O) groups excluding carboxylic acids is 2. The Hall–Kier alpha value is -3.87. The Bertz CT molecular complexity index is 1070. The van der Waals surface area contributed by atoms with E-state index in [1.165, 1.54) is 6.34 Å². The van der Waals surface area contributed by atoms with Gasteiger partial charge in [0.25, 0.3) is 5.91 Å². The molecule has 0 radical (unpaired) electrons. The van der Waals surface area contributed by atoms with Crippen molar-refractivity contribution in [2.75, 3.05) is 25.0 Å². The quantitative estimate of drug-likeness (QED) is 0.650. The first-order chi connectivity index (χ1) is 15.9. The summed E-state index contributed by atoms with van der Waals surface area (Å²) in [6.45, 7) is 7.49. The highest BCUT2D eigenvalue weighted by atomic mass is 16.2. The molecular formula is C23H28N8O2. The van der Waals surface area contributed by atoms with Crippen LogP contribution in [-0.4, -0.2) is 71.8 Å². The molecule has 3 heterocycles. The minimum atomic E-state index is -0.214. The third kappa shape index (κ3) is 4.67. The van der Waals surface area contributed by atoms with Gasteiger partial charge in [-0.3, -0.25) is 4.79 Å². The van der Waals surface area contributed by atoms with Crippen molar-refractivity contribution in [2.24, 2.45) is 15.9 Å². The summed E-state index contributed by atoms with van der Waals surface area (Å²) in [4.78, 5) is 38.0. The molecule has 3 amide bonds. The van der Waals surface area contributed by atoms with Crippen molar-refractivity contribution in [3.8, 4) is 6.07 Å². The first-order valence-corrected chi connectivity index (χ1v) is 11.1. The van der Waals surface area contributed by atoms with Crippen LogP contribution in [0.25, 0.3) is 0 Å². The van der Waals surface area contributed by atoms with Gasteiger partial charge in [0, 0.05) is 49.2 Å². The standard InChI is InChI=1S/C23H28N8O2/c1-14(2)28-22(32)16-5-4-6-18(9-16)29-23(33)31-8-7-30(12-15(31)3)21-19-17(10-24)11-25-20(19)26-13-27-21/h4-6,9,11,13-15,19-20,25H,7-8,12H2,1-3H3,(H,28,32)(H,29,33)/t15-,19?,20?/m0/s1. The molecule has 3 N–H and O–H groups in total. The summed E-state index contributed by atoms with van der Waals surface area (Å²) in [5, 5.41) is 18.3. The highest BCUT2D eigenvalue weighted by Gasteiger charge is 2.40. The van der Waals surface area contributed by atoms with Crippen molar-refractivity contribution in [1.29, 1.82) is 5.26 Å². The van der Waals surface area contributed by atoms with Crippen LogP contribution in [0.2, 0.25) is 0 Å². The van der Waals surface area contributed by atoms with Gasteiger partial charge in [0.05, 0.1) is 17.6 Å². The van der Waals surface area contributed by atoms with Crippen LogP contribution in [0.4, 0.5) is 10.5 Å². The average molecular weight is 449 g/mol. The van der Waals surface area contributed by atoms with Crippen LogP contribution in [0, 0.1) is 17.2 Å². The van der Waals surface area contributed by atoms with Crippen LogP contribution in [-0.2, 0) is 0 Å². The molecule has 33 heavy (non-hydrogen) atoms. The highest BCUT2D eigenvalue weighted by Crippen LogP contribution is 2.28. The first-order valence-electron chi connectivity index (χ1n) is 11.1. The number of anilines is 1. The molecule has 1 fully saturated rings. The van der Waals surface area contributed by atoms with Gasteiger partial charge in [-0.05, 0) is 39.0 Å². The van der Waals surface area contributed by atoms with Crippen LogP contribution in [0.3, 0.4) is 0 Å². The van der Waals surface area contributed by atoms with Crippen LogP contribution in [0.15, 0.2) is 46.0 Å². The van der Waals surface area contributed by atoms with E-state index in [2.05, 4.69) is 36.9 Å². The second-order valence-electron chi connectivity index (χ2n) is 8.68. The lowest BCUT2D eigenvalue weighted by Crippen LogP contribution is -2.58. The number of rotatable bonds is 3. The number of amidine groups is 1. The Morgan fingerprint density at radius 3 is 2.85 bits per heavy atom. The molecule has 0 saturated carbocycles. The number of nitrogens with zero attached hydrogens (tertiary/aromatic N) is 5. The molecule has 1 aromatic rings. The van der Waals surface area contributed by atoms with E-state index in [0.717, 1.165) is 5.84 Å². The van der Waals surface area contributed by atoms with Crippen molar-refractivity contribution in [2.45, 2.75) is 39.0 Å². The molecule has 1 aromatic carbocycles. The molecule has 0 bridgehead atoms. The SMILES string of the molecule is CC(C)NC(=O)c1cccc(NC(=O)N2CCN(C3=NC=NC4NC=C(C#N)C34)C[C@@H]2C)c1. The largest absolute Gasteiger partial charge is 0.368 e. The van der Waals surface area contributed by atoms with E-state index >= 15 is 0 Å². The molecular weight excluding hydrogens is 420 g/mol. The molecule has 3 aliphatic rings. The van der Waals surface area contributed by atoms with E-state index in [9.17, 15) is 14.9 Å². The zero-order valence-corrected chi connectivity index (χ0v) is 18.9. The molecule has 0 aromatic heterocycles. The van der Waals surface area contributed by atoms with Gasteiger partial charge in [-0.25, -0.2) is 14.8 Å². The number of carbonyl (C=O) groups is 2. The molecule has 1 saturated heterocycles. The number of hydrogen-bond donors (Lipinski definition) is 3. The fourth-order valence-corrected chi connectivity index (χ4v) is 4.31. The Morgan fingerprint density at radius 2 is 2.12 bits per heavy atom.